The highest BCUT2D eigenvalue weighted by atomic mass is 35.5. The maximum absolute atomic E-state index is 12.3. The third-order valence-electron chi connectivity index (χ3n) is 3.41. The molecule has 0 heterocycles. The van der Waals surface area contributed by atoms with Gasteiger partial charge in [0.1, 0.15) is 12.4 Å². The van der Waals surface area contributed by atoms with Crippen molar-refractivity contribution >= 4 is 18.3 Å². The molecule has 0 aliphatic rings. The van der Waals surface area contributed by atoms with Crippen molar-refractivity contribution in [2.45, 2.75) is 13.5 Å². The van der Waals surface area contributed by atoms with E-state index in [1.54, 1.807) is 0 Å². The summed E-state index contributed by atoms with van der Waals surface area (Å²) in [6.07, 6.45) is 0. The summed E-state index contributed by atoms with van der Waals surface area (Å²) in [5.41, 5.74) is 7.07. The second-order valence-corrected chi connectivity index (χ2v) is 5.31. The van der Waals surface area contributed by atoms with Crippen LogP contribution in [0.2, 0.25) is 0 Å². The molecule has 0 saturated carbocycles. The van der Waals surface area contributed by atoms with E-state index < -0.39 is 0 Å². The first kappa shape index (κ1) is 19.0. The van der Waals surface area contributed by atoms with Gasteiger partial charge < -0.3 is 15.8 Å². The van der Waals surface area contributed by atoms with E-state index in [4.69, 9.17) is 10.5 Å². The summed E-state index contributed by atoms with van der Waals surface area (Å²) in [6, 6.07) is 17.0. The molecule has 2 aromatic carbocycles. The zero-order valence-corrected chi connectivity index (χ0v) is 14.0. The highest BCUT2D eigenvalue weighted by Crippen LogP contribution is 2.14. The third-order valence-corrected chi connectivity index (χ3v) is 3.41. The first-order chi connectivity index (χ1) is 10.7. The number of para-hydroxylation sites is 1. The molecule has 1 amide bonds. The summed E-state index contributed by atoms with van der Waals surface area (Å²) in [6.45, 7) is 3.49. The van der Waals surface area contributed by atoms with E-state index in [0.29, 0.717) is 25.3 Å². The minimum Gasteiger partial charge on any atom is -0.489 e. The van der Waals surface area contributed by atoms with Crippen molar-refractivity contribution in [3.8, 4) is 5.75 Å². The molecule has 0 saturated heterocycles. The Hall–Kier alpha value is -2.04. The average molecular weight is 335 g/mol. The predicted octanol–water partition coefficient (Wildman–Crippen LogP) is 3.01. The molecular formula is C18H23ClN2O2. The van der Waals surface area contributed by atoms with Crippen LogP contribution in [0.5, 0.6) is 5.75 Å². The van der Waals surface area contributed by atoms with Crippen molar-refractivity contribution < 1.29 is 9.53 Å². The molecule has 1 unspecified atom stereocenters. The minimum absolute atomic E-state index is 0. The molecular weight excluding hydrogens is 312 g/mol. The molecule has 124 valence electrons. The van der Waals surface area contributed by atoms with Crippen molar-refractivity contribution in [1.29, 1.82) is 0 Å². The second-order valence-electron chi connectivity index (χ2n) is 5.31. The molecule has 0 bridgehead atoms. The van der Waals surface area contributed by atoms with Crippen molar-refractivity contribution in [2.24, 2.45) is 11.7 Å². The number of halogens is 1. The number of carbonyl (C=O) groups is 1. The molecule has 2 aromatic rings. The van der Waals surface area contributed by atoms with Gasteiger partial charge in [0.25, 0.3) is 5.91 Å². The fourth-order valence-electron chi connectivity index (χ4n) is 1.99. The zero-order valence-electron chi connectivity index (χ0n) is 13.2. The van der Waals surface area contributed by atoms with Crippen molar-refractivity contribution in [3.05, 3.63) is 65.7 Å². The minimum atomic E-state index is -0.0902. The van der Waals surface area contributed by atoms with Crippen LogP contribution in [-0.4, -0.2) is 19.0 Å². The summed E-state index contributed by atoms with van der Waals surface area (Å²) < 4.78 is 5.73. The number of rotatable bonds is 7. The lowest BCUT2D eigenvalue weighted by atomic mass is 10.1. The molecule has 0 aromatic heterocycles. The van der Waals surface area contributed by atoms with E-state index in [1.165, 1.54) is 0 Å². The van der Waals surface area contributed by atoms with Gasteiger partial charge >= 0.3 is 0 Å². The largest absolute Gasteiger partial charge is 0.489 e. The molecule has 0 aliphatic carbocycles. The maximum Gasteiger partial charge on any atom is 0.251 e. The van der Waals surface area contributed by atoms with Gasteiger partial charge in [0, 0.05) is 17.7 Å². The number of benzene rings is 2. The first-order valence-electron chi connectivity index (χ1n) is 7.44. The standard InChI is InChI=1S/C18H22N2O2.ClH/c1-14(11-19)12-20-18(21)17-10-6-5-7-15(17)13-22-16-8-3-2-4-9-16;/h2-10,14H,11-13,19H2,1H3,(H,20,21);1H. The van der Waals surface area contributed by atoms with Crippen LogP contribution in [0.4, 0.5) is 0 Å². The summed E-state index contributed by atoms with van der Waals surface area (Å²) >= 11 is 0. The maximum atomic E-state index is 12.3. The Kier molecular flexibility index (Phi) is 8.16. The number of carbonyl (C=O) groups excluding carboxylic acids is 1. The highest BCUT2D eigenvalue weighted by Gasteiger charge is 2.12. The monoisotopic (exact) mass is 334 g/mol. The second kappa shape index (κ2) is 9.87. The number of hydrogen-bond donors (Lipinski definition) is 2. The van der Waals surface area contributed by atoms with Gasteiger partial charge in [-0.15, -0.1) is 12.4 Å². The SMILES string of the molecule is CC(CN)CNC(=O)c1ccccc1COc1ccccc1.Cl. The summed E-state index contributed by atoms with van der Waals surface area (Å²) in [7, 11) is 0. The normalized spacial score (nSPS) is 11.2. The van der Waals surface area contributed by atoms with Crippen molar-refractivity contribution in [3.63, 3.8) is 0 Å². The van der Waals surface area contributed by atoms with Crippen LogP contribution in [0.25, 0.3) is 0 Å². The van der Waals surface area contributed by atoms with Crippen molar-refractivity contribution in [2.75, 3.05) is 13.1 Å². The van der Waals surface area contributed by atoms with Gasteiger partial charge in [0.15, 0.2) is 0 Å². The fourth-order valence-corrected chi connectivity index (χ4v) is 1.99. The Morgan fingerprint density at radius 1 is 1.13 bits per heavy atom. The van der Waals surface area contributed by atoms with Gasteiger partial charge in [0.2, 0.25) is 0 Å². The lowest BCUT2D eigenvalue weighted by molar-refractivity contribution is 0.0946. The first-order valence-corrected chi connectivity index (χ1v) is 7.44. The van der Waals surface area contributed by atoms with Gasteiger partial charge in [-0.25, -0.2) is 0 Å². The Balaban J connectivity index is 0.00000264. The summed E-state index contributed by atoms with van der Waals surface area (Å²) in [5.74, 6) is 0.957. The summed E-state index contributed by atoms with van der Waals surface area (Å²) in [5, 5.41) is 2.91. The number of ether oxygens (including phenoxy) is 1. The lowest BCUT2D eigenvalue weighted by Crippen LogP contribution is -2.31. The van der Waals surface area contributed by atoms with Gasteiger partial charge in [-0.1, -0.05) is 43.3 Å². The Bertz CT molecular complexity index is 605. The van der Waals surface area contributed by atoms with E-state index in [-0.39, 0.29) is 24.2 Å². The van der Waals surface area contributed by atoms with E-state index in [1.807, 2.05) is 61.5 Å². The number of nitrogens with one attached hydrogen (secondary N) is 1. The van der Waals surface area contributed by atoms with E-state index in [2.05, 4.69) is 5.32 Å². The van der Waals surface area contributed by atoms with Crippen LogP contribution in [0, 0.1) is 5.92 Å². The topological polar surface area (TPSA) is 64.3 Å². The van der Waals surface area contributed by atoms with Gasteiger partial charge in [-0.05, 0) is 30.7 Å². The Morgan fingerprint density at radius 3 is 2.48 bits per heavy atom. The lowest BCUT2D eigenvalue weighted by Gasteiger charge is -2.13. The van der Waals surface area contributed by atoms with Crippen LogP contribution in [0.1, 0.15) is 22.8 Å². The van der Waals surface area contributed by atoms with Gasteiger partial charge in [0.05, 0.1) is 0 Å². The average Bonchev–Trinajstić information content (AvgIpc) is 2.58. The zero-order chi connectivity index (χ0) is 15.8. The molecule has 1 atom stereocenters. The Labute approximate surface area is 143 Å². The quantitative estimate of drug-likeness (QED) is 0.818. The molecule has 23 heavy (non-hydrogen) atoms. The smallest absolute Gasteiger partial charge is 0.251 e. The van der Waals surface area contributed by atoms with Crippen LogP contribution < -0.4 is 15.8 Å². The predicted molar refractivity (Wildman–Crippen MR) is 95.0 cm³/mol. The summed E-state index contributed by atoms with van der Waals surface area (Å²) in [4.78, 5) is 12.3. The van der Waals surface area contributed by atoms with E-state index in [0.717, 1.165) is 11.3 Å². The molecule has 0 fully saturated rings. The number of hydrogen-bond acceptors (Lipinski definition) is 3. The molecule has 4 nitrogen and oxygen atoms in total. The molecule has 0 spiro atoms. The van der Waals surface area contributed by atoms with Crippen LogP contribution in [0.15, 0.2) is 54.6 Å². The molecule has 2 rings (SSSR count). The van der Waals surface area contributed by atoms with Gasteiger partial charge in [-0.3, -0.25) is 4.79 Å². The molecule has 0 radical (unpaired) electrons. The molecule has 5 heteroatoms. The van der Waals surface area contributed by atoms with Crippen LogP contribution >= 0.6 is 12.4 Å². The third kappa shape index (κ3) is 5.93. The molecule has 0 aliphatic heterocycles. The Morgan fingerprint density at radius 2 is 1.78 bits per heavy atom. The van der Waals surface area contributed by atoms with Gasteiger partial charge in [-0.2, -0.15) is 0 Å². The van der Waals surface area contributed by atoms with Crippen LogP contribution in [-0.2, 0) is 6.61 Å². The molecule has 3 N–H and O–H groups in total. The van der Waals surface area contributed by atoms with Crippen LogP contribution in [0.3, 0.4) is 0 Å². The number of nitrogens with two attached hydrogens (primary N) is 1. The van der Waals surface area contributed by atoms with Crippen molar-refractivity contribution in [1.82, 2.24) is 5.32 Å². The fraction of sp³-hybridized carbons (Fsp3) is 0.278. The number of amides is 1. The highest BCUT2D eigenvalue weighted by molar-refractivity contribution is 5.95. The van der Waals surface area contributed by atoms with E-state index in [9.17, 15) is 4.79 Å². The van der Waals surface area contributed by atoms with E-state index >= 15 is 0 Å².